The quantitative estimate of drug-likeness (QED) is 0.0235. The molecule has 0 aromatic heterocycles. The van der Waals surface area contributed by atoms with Gasteiger partial charge in [-0.3, -0.25) is 42.4 Å². The van der Waals surface area contributed by atoms with Crippen molar-refractivity contribution >= 4 is 102 Å². The maximum atomic E-state index is 12.8. The zero-order chi connectivity index (χ0) is 86.9. The summed E-state index contributed by atoms with van der Waals surface area (Å²) < 4.78 is 97.6. The van der Waals surface area contributed by atoms with E-state index in [9.17, 15) is 127 Å². The van der Waals surface area contributed by atoms with E-state index in [0.29, 0.717) is 34.0 Å². The maximum absolute atomic E-state index is 12.8. The van der Waals surface area contributed by atoms with Crippen molar-refractivity contribution in [3.63, 3.8) is 0 Å². The molecule has 0 aliphatic heterocycles. The van der Waals surface area contributed by atoms with E-state index >= 15 is 0 Å². The summed E-state index contributed by atoms with van der Waals surface area (Å²) in [5.41, 5.74) is 0. The SMILES string of the molecule is CCCCCCCCCCCCCCCCCCN(C(=O)C(CC(=O)[O-])S(=O)(=O)O)C(CC(=O)O)C(=O)O.CCCCCCCCCCCCCCCCCCN(C(=O)C(CC(=O)[O-])S(=O)(=O)O)C(CC(=O)O)C(=O)O.CCCCCCCCCCCCCCCCCCN(C(=O)C(CC(=O)[O-])S(=O)(=O)O)C(CC(=O)O)C(=O)O.[Na+].[Na+].[Na+]. The van der Waals surface area contributed by atoms with Crippen LogP contribution < -0.4 is 104 Å². The van der Waals surface area contributed by atoms with Crippen LogP contribution in [0.25, 0.3) is 0 Å². The van der Waals surface area contributed by atoms with Gasteiger partial charge in [0.1, 0.15) is 18.1 Å². The number of nitrogens with zero attached hydrogens (tertiary/aromatic N) is 3. The van der Waals surface area contributed by atoms with Crippen LogP contribution in [0.4, 0.5) is 0 Å². The van der Waals surface area contributed by atoms with Crippen molar-refractivity contribution in [1.29, 1.82) is 0 Å². The summed E-state index contributed by atoms with van der Waals surface area (Å²) in [5, 5.41) is 80.8. The van der Waals surface area contributed by atoms with Crippen LogP contribution in [0.2, 0.25) is 0 Å². The van der Waals surface area contributed by atoms with Gasteiger partial charge < -0.3 is 75.0 Å². The van der Waals surface area contributed by atoms with Gasteiger partial charge in [0.15, 0.2) is 15.7 Å². The van der Waals surface area contributed by atoms with Gasteiger partial charge in [-0.25, -0.2) is 14.4 Å². The molecule has 0 saturated carbocycles. The third-order valence-electron chi connectivity index (χ3n) is 19.7. The van der Waals surface area contributed by atoms with Crippen LogP contribution in [0.5, 0.6) is 0 Å². The van der Waals surface area contributed by atoms with Gasteiger partial charge in [0, 0.05) is 56.8 Å². The molecule has 0 aromatic carbocycles. The number of carboxylic acid groups (broad SMARTS) is 9. The van der Waals surface area contributed by atoms with Gasteiger partial charge in [0.05, 0.1) is 19.3 Å². The van der Waals surface area contributed by atoms with E-state index in [0.717, 1.165) is 77.0 Å². The minimum Gasteiger partial charge on any atom is -0.550 e. The third-order valence-corrected chi connectivity index (χ3v) is 22.9. The number of hydrogen-bond acceptors (Lipinski definition) is 21. The van der Waals surface area contributed by atoms with Gasteiger partial charge in [-0.05, 0) is 19.3 Å². The van der Waals surface area contributed by atoms with Crippen molar-refractivity contribution in [2.24, 2.45) is 0 Å². The monoisotopic (exact) mass is 1760 g/mol. The fourth-order valence-corrected chi connectivity index (χ4v) is 15.4. The van der Waals surface area contributed by atoms with E-state index in [1.54, 1.807) is 0 Å². The molecule has 6 atom stereocenters. The molecule has 33 nitrogen and oxygen atoms in total. The average molecular weight is 1760 g/mol. The van der Waals surface area contributed by atoms with Crippen molar-refractivity contribution in [3.8, 4) is 0 Å². The first kappa shape index (κ1) is 124. The minimum absolute atomic E-state index is 0. The smallest absolute Gasteiger partial charge is 0.550 e. The van der Waals surface area contributed by atoms with E-state index < -0.39 is 174 Å². The Bertz CT molecular complexity index is 2780. The molecule has 39 heteroatoms. The molecule has 0 aliphatic carbocycles. The largest absolute Gasteiger partial charge is 1.00 e. The Morgan fingerprint density at radius 2 is 0.368 bits per heavy atom. The molecular formula is C78H138N3Na3O30S3. The molecule has 666 valence electrons. The Kier molecular flexibility index (Phi) is 81.9. The molecule has 0 radical (unpaired) electrons. The standard InChI is InChI=1S/3C26H47NO10S.3Na/c3*1-2-3-4-5-6-7-8-9-10-11-12-13-14-15-16-17-18-27(21(26(33)34)19-23(28)29)25(32)22(20-24(30)31)38(35,36)37;;;/h3*21-22H,2-20H2,1H3,(H,28,29)(H,30,31)(H,33,34)(H,35,36,37);;;/q;;;3*+1/p-3. The van der Waals surface area contributed by atoms with E-state index in [-0.39, 0.29) is 128 Å². The van der Waals surface area contributed by atoms with Crippen molar-refractivity contribution in [3.05, 3.63) is 0 Å². The summed E-state index contributed by atoms with van der Waals surface area (Å²) in [6.07, 6.45) is 45.3. The van der Waals surface area contributed by atoms with E-state index in [4.69, 9.17) is 15.3 Å². The predicted molar refractivity (Wildman–Crippen MR) is 420 cm³/mol. The second-order valence-corrected chi connectivity index (χ2v) is 34.4. The second kappa shape index (κ2) is 77.2. The van der Waals surface area contributed by atoms with E-state index in [1.807, 2.05) is 0 Å². The number of carbonyl (C=O) groups is 12. The second-order valence-electron chi connectivity index (χ2n) is 29.6. The molecule has 117 heavy (non-hydrogen) atoms. The molecular weight excluding hydrogens is 1620 g/mol. The van der Waals surface area contributed by atoms with Gasteiger partial charge in [0.2, 0.25) is 17.7 Å². The van der Waals surface area contributed by atoms with Crippen LogP contribution in [0.3, 0.4) is 0 Å². The molecule has 0 aliphatic rings. The van der Waals surface area contributed by atoms with Crippen LogP contribution in [0.15, 0.2) is 0 Å². The van der Waals surface area contributed by atoms with E-state index in [1.165, 1.54) is 193 Å². The molecule has 0 rings (SSSR count). The number of carboxylic acids is 9. The van der Waals surface area contributed by atoms with Crippen LogP contribution in [0.1, 0.15) is 367 Å². The van der Waals surface area contributed by atoms with Crippen LogP contribution in [-0.2, 0) is 87.9 Å². The van der Waals surface area contributed by atoms with E-state index in [2.05, 4.69) is 20.8 Å². The number of hydrogen-bond donors (Lipinski definition) is 9. The first-order valence-corrected chi connectivity index (χ1v) is 46.0. The number of aliphatic carboxylic acids is 9. The number of unbranched alkanes of at least 4 members (excludes halogenated alkanes) is 45. The van der Waals surface area contributed by atoms with Crippen molar-refractivity contribution in [2.75, 3.05) is 19.6 Å². The Hall–Kier alpha value is -3.63. The minimum atomic E-state index is -5.21. The molecule has 9 N–H and O–H groups in total. The normalized spacial score (nSPS) is 12.8. The first-order valence-electron chi connectivity index (χ1n) is 41.5. The molecule has 0 spiro atoms. The molecule has 0 aromatic rings. The number of carbonyl (C=O) groups excluding carboxylic acids is 6. The molecule has 6 unspecified atom stereocenters. The molecule has 0 heterocycles. The number of amides is 3. The van der Waals surface area contributed by atoms with Gasteiger partial charge in [-0.15, -0.1) is 0 Å². The van der Waals surface area contributed by atoms with Gasteiger partial charge in [-0.2, -0.15) is 25.3 Å². The molecule has 3 amide bonds. The van der Waals surface area contributed by atoms with Crippen LogP contribution in [0, 0.1) is 0 Å². The van der Waals surface area contributed by atoms with Gasteiger partial charge >= 0.3 is 124 Å². The zero-order valence-electron chi connectivity index (χ0n) is 70.9. The summed E-state index contributed by atoms with van der Waals surface area (Å²) in [6.45, 7) is 5.77. The summed E-state index contributed by atoms with van der Waals surface area (Å²) in [7, 11) is -15.6. The summed E-state index contributed by atoms with van der Waals surface area (Å²) in [6, 6.07) is -5.74. The van der Waals surface area contributed by atoms with Gasteiger partial charge in [0.25, 0.3) is 30.4 Å². The number of rotatable bonds is 75. The summed E-state index contributed by atoms with van der Waals surface area (Å²) in [5.74, 6) is -19.9. The fraction of sp³-hybridized carbons (Fsp3) is 0.846. The maximum Gasteiger partial charge on any atom is 1.00 e. The van der Waals surface area contributed by atoms with Crippen molar-refractivity contribution in [2.45, 2.75) is 401 Å². The Morgan fingerprint density at radius 1 is 0.239 bits per heavy atom. The van der Waals surface area contributed by atoms with Crippen molar-refractivity contribution in [1.82, 2.24) is 14.7 Å². The summed E-state index contributed by atoms with van der Waals surface area (Å²) >= 11 is 0. The Labute approximate surface area is 761 Å². The topological polar surface area (TPSA) is 568 Å². The van der Waals surface area contributed by atoms with Crippen LogP contribution >= 0.6 is 0 Å². The summed E-state index contributed by atoms with van der Waals surface area (Å²) in [4.78, 5) is 141. The molecule has 0 saturated heterocycles. The predicted octanol–water partition coefficient (Wildman–Crippen LogP) is 1.21. The average Bonchev–Trinajstić information content (AvgIpc) is 0.828. The third kappa shape index (κ3) is 69.5. The van der Waals surface area contributed by atoms with Gasteiger partial charge in [-0.1, -0.05) is 310 Å². The Morgan fingerprint density at radius 3 is 0.470 bits per heavy atom. The van der Waals surface area contributed by atoms with Crippen LogP contribution in [-0.4, -0.2) is 209 Å². The molecule has 0 fully saturated rings. The zero-order valence-corrected chi connectivity index (χ0v) is 79.4. The fourth-order valence-electron chi connectivity index (χ4n) is 13.2. The van der Waals surface area contributed by atoms with Crippen molar-refractivity contribution < 1.29 is 231 Å². The Balaban J connectivity index is -0.000000390. The first-order chi connectivity index (χ1) is 53.7. The molecule has 0 bridgehead atoms.